The van der Waals surface area contributed by atoms with Crippen molar-refractivity contribution in [3.05, 3.63) is 72.9 Å². The van der Waals surface area contributed by atoms with Crippen molar-refractivity contribution in [3.63, 3.8) is 0 Å². The fraction of sp³-hybridized carbons (Fsp3) is 0.802. The topological polar surface area (TPSA) is 237 Å². The number of phosphoric ester groups is 2. The highest BCUT2D eigenvalue weighted by molar-refractivity contribution is 7.47. The summed E-state index contributed by atoms with van der Waals surface area (Å²) in [5.41, 5.74) is 0. The monoisotopic (exact) mass is 1450 g/mol. The van der Waals surface area contributed by atoms with Crippen LogP contribution >= 0.6 is 15.6 Å². The number of allylic oxidation sites excluding steroid dienone is 12. The number of esters is 4. The van der Waals surface area contributed by atoms with Crippen molar-refractivity contribution in [3.8, 4) is 0 Å². The van der Waals surface area contributed by atoms with Crippen molar-refractivity contribution in [1.29, 1.82) is 0 Å². The maximum Gasteiger partial charge on any atom is 0.472 e. The summed E-state index contributed by atoms with van der Waals surface area (Å²) >= 11 is 0. The highest BCUT2D eigenvalue weighted by Crippen LogP contribution is 2.45. The van der Waals surface area contributed by atoms with Gasteiger partial charge in [0.2, 0.25) is 0 Å². The number of ether oxygens (including phenoxy) is 4. The third-order valence-electron chi connectivity index (χ3n) is 17.2. The van der Waals surface area contributed by atoms with E-state index in [0.717, 1.165) is 116 Å². The molecule has 0 heterocycles. The van der Waals surface area contributed by atoms with Crippen molar-refractivity contribution in [2.45, 2.75) is 380 Å². The van der Waals surface area contributed by atoms with Crippen LogP contribution in [0.2, 0.25) is 0 Å². The number of phosphoric acid groups is 2. The zero-order valence-electron chi connectivity index (χ0n) is 63.6. The smallest absolute Gasteiger partial charge is 0.462 e. The van der Waals surface area contributed by atoms with Crippen molar-refractivity contribution >= 4 is 39.5 Å². The predicted octanol–water partition coefficient (Wildman–Crippen LogP) is 23.2. The molecule has 0 aliphatic carbocycles. The molecule has 17 nitrogen and oxygen atoms in total. The van der Waals surface area contributed by atoms with Gasteiger partial charge in [-0.25, -0.2) is 9.13 Å². The number of unbranched alkanes of at least 4 members (excludes halogenated alkanes) is 38. The molecule has 0 aromatic rings. The lowest BCUT2D eigenvalue weighted by Gasteiger charge is -2.21. The normalized spacial score (nSPS) is 14.3. The van der Waals surface area contributed by atoms with Gasteiger partial charge in [-0.2, -0.15) is 0 Å². The van der Waals surface area contributed by atoms with E-state index in [1.807, 2.05) is 12.2 Å². The van der Waals surface area contributed by atoms with E-state index in [0.29, 0.717) is 32.1 Å². The molecule has 0 fully saturated rings. The van der Waals surface area contributed by atoms with Gasteiger partial charge in [-0.05, 0) is 96.3 Å². The van der Waals surface area contributed by atoms with Gasteiger partial charge in [-0.15, -0.1) is 0 Å². The molecule has 0 aromatic heterocycles. The van der Waals surface area contributed by atoms with Gasteiger partial charge in [-0.1, -0.05) is 312 Å². The molecule has 0 rings (SSSR count). The average Bonchev–Trinajstić information content (AvgIpc) is 1.22. The number of hydrogen-bond acceptors (Lipinski definition) is 15. The molecular weight excluding hydrogens is 1310 g/mol. The number of carbonyl (C=O) groups excluding carboxylic acids is 4. The Morgan fingerprint density at radius 2 is 0.500 bits per heavy atom. The summed E-state index contributed by atoms with van der Waals surface area (Å²) in [6.07, 6.45) is 74.5. The quantitative estimate of drug-likeness (QED) is 0.0169. The van der Waals surface area contributed by atoms with Crippen LogP contribution in [-0.2, 0) is 65.4 Å². The van der Waals surface area contributed by atoms with E-state index in [4.69, 9.17) is 37.0 Å². The van der Waals surface area contributed by atoms with E-state index < -0.39 is 97.5 Å². The largest absolute Gasteiger partial charge is 0.472 e. The van der Waals surface area contributed by atoms with E-state index in [1.165, 1.54) is 161 Å². The maximum atomic E-state index is 13.1. The first kappa shape index (κ1) is 96.5. The molecule has 0 saturated carbocycles. The Hall–Kier alpha value is -3.50. The summed E-state index contributed by atoms with van der Waals surface area (Å²) in [5, 5.41) is 10.6. The molecule has 3 N–H and O–H groups in total. The minimum Gasteiger partial charge on any atom is -0.462 e. The molecule has 582 valence electrons. The van der Waals surface area contributed by atoms with Crippen LogP contribution < -0.4 is 0 Å². The fourth-order valence-corrected chi connectivity index (χ4v) is 12.6. The van der Waals surface area contributed by atoms with Crippen LogP contribution in [-0.4, -0.2) is 96.7 Å². The number of aliphatic hydroxyl groups is 1. The zero-order valence-corrected chi connectivity index (χ0v) is 65.4. The van der Waals surface area contributed by atoms with E-state index in [1.54, 1.807) is 0 Å². The molecule has 100 heavy (non-hydrogen) atoms. The van der Waals surface area contributed by atoms with Gasteiger partial charge in [0.15, 0.2) is 12.2 Å². The first-order valence-electron chi connectivity index (χ1n) is 40.2. The Morgan fingerprint density at radius 3 is 0.810 bits per heavy atom. The van der Waals surface area contributed by atoms with Crippen molar-refractivity contribution < 1.29 is 80.2 Å². The van der Waals surface area contributed by atoms with E-state index in [2.05, 4.69) is 88.5 Å². The Bertz CT molecular complexity index is 2180. The third kappa shape index (κ3) is 72.8. The van der Waals surface area contributed by atoms with Crippen LogP contribution in [0.3, 0.4) is 0 Å². The van der Waals surface area contributed by atoms with Gasteiger partial charge >= 0.3 is 39.5 Å². The fourth-order valence-electron chi connectivity index (χ4n) is 11.0. The van der Waals surface area contributed by atoms with Gasteiger partial charge in [0.1, 0.15) is 19.3 Å². The van der Waals surface area contributed by atoms with E-state index in [9.17, 15) is 43.2 Å². The van der Waals surface area contributed by atoms with E-state index in [-0.39, 0.29) is 25.7 Å². The Kier molecular flexibility index (Phi) is 71.2. The van der Waals surface area contributed by atoms with Gasteiger partial charge in [0, 0.05) is 25.7 Å². The average molecular weight is 1450 g/mol. The molecule has 2 unspecified atom stereocenters. The van der Waals surface area contributed by atoms with Crippen molar-refractivity contribution in [2.75, 3.05) is 39.6 Å². The second-order valence-electron chi connectivity index (χ2n) is 27.0. The molecule has 0 bridgehead atoms. The maximum absolute atomic E-state index is 13.1. The van der Waals surface area contributed by atoms with Crippen LogP contribution in [0, 0.1) is 0 Å². The summed E-state index contributed by atoms with van der Waals surface area (Å²) in [5.74, 6) is -2.22. The lowest BCUT2D eigenvalue weighted by Crippen LogP contribution is -2.30. The first-order valence-corrected chi connectivity index (χ1v) is 43.2. The second-order valence-corrected chi connectivity index (χ2v) is 29.9. The summed E-state index contributed by atoms with van der Waals surface area (Å²) in [4.78, 5) is 72.9. The number of carbonyl (C=O) groups is 4. The summed E-state index contributed by atoms with van der Waals surface area (Å²) in [6, 6.07) is 0. The second kappa shape index (κ2) is 73.8. The molecule has 19 heteroatoms. The summed E-state index contributed by atoms with van der Waals surface area (Å²) in [7, 11) is -9.96. The summed E-state index contributed by atoms with van der Waals surface area (Å²) in [6.45, 7) is 4.81. The van der Waals surface area contributed by atoms with Crippen molar-refractivity contribution in [1.82, 2.24) is 0 Å². The van der Waals surface area contributed by atoms with Gasteiger partial charge in [0.05, 0.1) is 26.4 Å². The third-order valence-corrected chi connectivity index (χ3v) is 19.1. The minimum atomic E-state index is -4.99. The molecule has 5 atom stereocenters. The molecule has 0 aliphatic rings. The standard InChI is InChI=1S/C81H146O17P2/c1-5-9-13-17-21-25-29-33-36-37-40-44-48-52-56-60-64-68-81(86)98-77(72-92-79(84)66-62-58-54-50-46-42-38-34-30-26-22-18-14-10-6-2)74-96-100(89,90)94-70-75(82)69-93-99(87,88)95-73-76(71-91-78(83)65-61-57-53-49-45-41-32-28-24-20-16-12-8-4)97-80(85)67-63-59-55-51-47-43-39-35-31-27-23-19-15-11-7-3/h21-22,25-26,33-34,36,38,40,44,52,56,75-77,82H,5-20,23-24,27-32,35,37,39,41-43,45-51,53-55,57-74H2,1-4H3,(H,87,88)(H,89,90)/b25-21-,26-22-,36-33-,38-34-,44-40-,56-52-/t75-,76-,77-/m1/s1. The van der Waals surface area contributed by atoms with Crippen LogP contribution in [0.25, 0.3) is 0 Å². The van der Waals surface area contributed by atoms with Gasteiger partial charge < -0.3 is 33.8 Å². The van der Waals surface area contributed by atoms with Gasteiger partial charge in [0.25, 0.3) is 0 Å². The Morgan fingerprint density at radius 1 is 0.280 bits per heavy atom. The number of hydrogen-bond donors (Lipinski definition) is 3. The van der Waals surface area contributed by atoms with Crippen LogP contribution in [0.15, 0.2) is 72.9 Å². The highest BCUT2D eigenvalue weighted by Gasteiger charge is 2.30. The van der Waals surface area contributed by atoms with Crippen LogP contribution in [0.5, 0.6) is 0 Å². The minimum absolute atomic E-state index is 0.0186. The van der Waals surface area contributed by atoms with Crippen molar-refractivity contribution in [2.24, 2.45) is 0 Å². The van der Waals surface area contributed by atoms with Gasteiger partial charge in [-0.3, -0.25) is 37.3 Å². The molecule has 0 saturated heterocycles. The Labute approximate surface area is 609 Å². The SMILES string of the molecule is CCCCC/C=C\C/C=C\C/C=C\C/C=C\CCCC(=O)O[C@H](COC(=O)CCCCCCC/C=C\C/C=C\CCCCC)COP(=O)(O)OC[C@H](O)COP(=O)(O)OC[C@@H](COC(=O)CCCCCCCCCCCCCCC)OC(=O)CCCCCCCCCCCCCCCCC. The first-order chi connectivity index (χ1) is 48.7. The summed E-state index contributed by atoms with van der Waals surface area (Å²) < 4.78 is 68.5. The lowest BCUT2D eigenvalue weighted by atomic mass is 10.0. The lowest BCUT2D eigenvalue weighted by molar-refractivity contribution is -0.161. The van der Waals surface area contributed by atoms with Crippen LogP contribution in [0.4, 0.5) is 0 Å². The molecule has 0 aromatic carbocycles. The number of rotatable bonds is 76. The zero-order chi connectivity index (χ0) is 73.2. The van der Waals surface area contributed by atoms with E-state index >= 15 is 0 Å². The molecular formula is C81H146O17P2. The number of aliphatic hydroxyl groups excluding tert-OH is 1. The molecule has 0 aliphatic heterocycles. The predicted molar refractivity (Wildman–Crippen MR) is 409 cm³/mol. The molecule has 0 amide bonds. The van der Waals surface area contributed by atoms with Crippen LogP contribution in [0.1, 0.15) is 362 Å². The highest BCUT2D eigenvalue weighted by atomic mass is 31.2. The molecule has 0 radical (unpaired) electrons. The Balaban J connectivity index is 5.39. The molecule has 0 spiro atoms.